The Bertz CT molecular complexity index is 1260. The molecule has 8 rings (SSSR count). The number of hydrogen-bond donors (Lipinski definition) is 7. The zero-order chi connectivity index (χ0) is 36.9. The molecule has 0 bridgehead atoms. The SMILES string of the molecule is C[C@@H]1CC[C@@]2(OC1)O[C@H]1CC3C4CC[C@H]5C[C@@H](O[C@@H]6O[C@H](CO)[C@H](O[C@@H]7O[C@H](CO)[C@@H](O)[C@H](O)[C@H]7O)[C@H](O)[C@H]6O)CC[C@]5(C)C4CC[C@]3(C)C1[C@@H]2C. The number of rotatable bonds is 6. The standard InChI is InChI=1S/C39H64O13/c1-18-7-12-39(47-17-18)19(2)28-25(52-39)14-24-22-6-5-20-13-21(8-10-37(20,3)23(22)9-11-38(24,28)4)48-35-33(46)31(44)34(27(16-41)50-35)51-36-32(45)30(43)29(42)26(15-40)49-36/h18-36,40-46H,5-17H2,1-4H3/t18-,19+,20+,21+,22?,23?,24?,25+,26-,27-,28?,29-,30+,31-,32-,33-,34+,35-,36+,37+,38+,39-/m1/s1. The number of hydrogen-bond acceptors (Lipinski definition) is 13. The first-order valence-electron chi connectivity index (χ1n) is 20.3. The first-order valence-corrected chi connectivity index (χ1v) is 20.3. The highest BCUT2D eigenvalue weighted by Crippen LogP contribution is 2.71. The fourth-order valence-corrected chi connectivity index (χ4v) is 13.2. The van der Waals surface area contributed by atoms with Gasteiger partial charge in [0.25, 0.3) is 0 Å². The molecule has 13 nitrogen and oxygen atoms in total. The van der Waals surface area contributed by atoms with Crippen LogP contribution in [0.1, 0.15) is 91.9 Å². The van der Waals surface area contributed by atoms with E-state index in [0.29, 0.717) is 41.4 Å². The smallest absolute Gasteiger partial charge is 0.187 e. The van der Waals surface area contributed by atoms with E-state index in [2.05, 4.69) is 27.7 Å². The van der Waals surface area contributed by atoms with Gasteiger partial charge < -0.3 is 64.2 Å². The fraction of sp³-hybridized carbons (Fsp3) is 1.00. The molecule has 0 aromatic heterocycles. The van der Waals surface area contributed by atoms with Gasteiger partial charge in [0.05, 0.1) is 32.0 Å². The molecule has 4 aliphatic carbocycles. The maximum Gasteiger partial charge on any atom is 0.187 e. The van der Waals surface area contributed by atoms with E-state index in [1.54, 1.807) is 0 Å². The molecule has 4 heterocycles. The summed E-state index contributed by atoms with van der Waals surface area (Å²) in [5, 5.41) is 72.8. The summed E-state index contributed by atoms with van der Waals surface area (Å²) in [5.74, 6) is 3.63. The van der Waals surface area contributed by atoms with Crippen LogP contribution in [0.5, 0.6) is 0 Å². The molecular formula is C39H64O13. The minimum Gasteiger partial charge on any atom is -0.394 e. The van der Waals surface area contributed by atoms with Crippen LogP contribution in [-0.2, 0) is 28.4 Å². The molecular weight excluding hydrogens is 676 g/mol. The summed E-state index contributed by atoms with van der Waals surface area (Å²) in [6.07, 6.45) is -3.66. The van der Waals surface area contributed by atoms with E-state index in [-0.39, 0.29) is 23.0 Å². The second-order valence-corrected chi connectivity index (χ2v) is 18.7. The molecule has 13 heteroatoms. The van der Waals surface area contributed by atoms with Crippen molar-refractivity contribution in [2.75, 3.05) is 19.8 Å². The lowest BCUT2D eigenvalue weighted by atomic mass is 9.44. The zero-order valence-electron chi connectivity index (χ0n) is 31.2. The van der Waals surface area contributed by atoms with Crippen LogP contribution in [0.25, 0.3) is 0 Å². The quantitative estimate of drug-likeness (QED) is 0.194. The van der Waals surface area contributed by atoms with E-state index in [4.69, 9.17) is 28.4 Å². The fourth-order valence-electron chi connectivity index (χ4n) is 13.2. The van der Waals surface area contributed by atoms with Gasteiger partial charge in [-0.2, -0.15) is 0 Å². The van der Waals surface area contributed by atoms with Crippen molar-refractivity contribution in [3.63, 3.8) is 0 Å². The van der Waals surface area contributed by atoms with Gasteiger partial charge >= 0.3 is 0 Å². The molecule has 4 aliphatic heterocycles. The molecule has 52 heavy (non-hydrogen) atoms. The van der Waals surface area contributed by atoms with E-state index >= 15 is 0 Å². The highest BCUT2D eigenvalue weighted by molar-refractivity contribution is 5.15. The van der Waals surface area contributed by atoms with Gasteiger partial charge in [0.15, 0.2) is 18.4 Å². The predicted molar refractivity (Wildman–Crippen MR) is 183 cm³/mol. The van der Waals surface area contributed by atoms with Gasteiger partial charge in [-0.3, -0.25) is 0 Å². The van der Waals surface area contributed by atoms with Crippen LogP contribution < -0.4 is 0 Å². The van der Waals surface area contributed by atoms with Crippen molar-refractivity contribution in [2.45, 2.75) is 171 Å². The third-order valence-corrected chi connectivity index (χ3v) is 16.2. The van der Waals surface area contributed by atoms with Crippen LogP contribution >= 0.6 is 0 Å². The van der Waals surface area contributed by atoms with Crippen LogP contribution in [0.3, 0.4) is 0 Å². The average molecular weight is 741 g/mol. The topological polar surface area (TPSA) is 197 Å². The van der Waals surface area contributed by atoms with Gasteiger partial charge in [-0.25, -0.2) is 0 Å². The van der Waals surface area contributed by atoms with Crippen molar-refractivity contribution in [1.82, 2.24) is 0 Å². The van der Waals surface area contributed by atoms with Crippen molar-refractivity contribution in [3.8, 4) is 0 Å². The van der Waals surface area contributed by atoms with Crippen molar-refractivity contribution in [1.29, 1.82) is 0 Å². The Labute approximate surface area is 307 Å². The third kappa shape index (κ3) is 5.98. The van der Waals surface area contributed by atoms with Crippen molar-refractivity contribution < 1.29 is 64.2 Å². The Morgan fingerprint density at radius 1 is 0.673 bits per heavy atom. The number of aliphatic hydroxyl groups is 7. The molecule has 0 radical (unpaired) electrons. The molecule has 0 amide bonds. The first-order chi connectivity index (χ1) is 24.7. The van der Waals surface area contributed by atoms with Crippen LogP contribution in [0.15, 0.2) is 0 Å². The molecule has 1 spiro atoms. The van der Waals surface area contributed by atoms with E-state index in [0.717, 1.165) is 45.1 Å². The molecule has 8 aliphatic rings. The summed E-state index contributed by atoms with van der Waals surface area (Å²) in [4.78, 5) is 0. The van der Waals surface area contributed by atoms with Crippen LogP contribution in [0.4, 0.5) is 0 Å². The molecule has 7 N–H and O–H groups in total. The molecule has 298 valence electrons. The molecule has 4 saturated carbocycles. The molecule has 8 fully saturated rings. The maximum absolute atomic E-state index is 11.2. The van der Waals surface area contributed by atoms with Crippen LogP contribution in [-0.4, -0.2) is 135 Å². The van der Waals surface area contributed by atoms with Crippen LogP contribution in [0.2, 0.25) is 0 Å². The Morgan fingerprint density at radius 3 is 2.08 bits per heavy atom. The number of fused-ring (bicyclic) bond motifs is 7. The largest absolute Gasteiger partial charge is 0.394 e. The third-order valence-electron chi connectivity index (χ3n) is 16.2. The van der Waals surface area contributed by atoms with Gasteiger partial charge in [-0.1, -0.05) is 27.7 Å². The van der Waals surface area contributed by atoms with Gasteiger partial charge in [0, 0.05) is 12.3 Å². The molecule has 4 saturated heterocycles. The van der Waals surface area contributed by atoms with Gasteiger partial charge in [-0.15, -0.1) is 0 Å². The Balaban J connectivity index is 0.892. The second kappa shape index (κ2) is 14.1. The molecule has 4 unspecified atom stereocenters. The normalized spacial score (nSPS) is 59.0. The van der Waals surface area contributed by atoms with Gasteiger partial charge in [0.2, 0.25) is 0 Å². The monoisotopic (exact) mass is 740 g/mol. The van der Waals surface area contributed by atoms with E-state index in [1.165, 1.54) is 25.7 Å². The van der Waals surface area contributed by atoms with Crippen molar-refractivity contribution >= 4 is 0 Å². The average Bonchev–Trinajstić information content (AvgIpc) is 3.58. The highest BCUT2D eigenvalue weighted by Gasteiger charge is 2.69. The summed E-state index contributed by atoms with van der Waals surface area (Å²) < 4.78 is 37.0. The first kappa shape index (κ1) is 38.4. The predicted octanol–water partition coefficient (Wildman–Crippen LogP) is 1.44. The lowest BCUT2D eigenvalue weighted by molar-refractivity contribution is -0.364. The van der Waals surface area contributed by atoms with Crippen LogP contribution in [0, 0.1) is 52.3 Å². The summed E-state index contributed by atoms with van der Waals surface area (Å²) in [6.45, 7) is 9.33. The molecule has 0 aromatic rings. The van der Waals surface area contributed by atoms with E-state index in [1.807, 2.05) is 0 Å². The summed E-state index contributed by atoms with van der Waals surface area (Å²) >= 11 is 0. The zero-order valence-corrected chi connectivity index (χ0v) is 31.2. The minimum absolute atomic E-state index is 0.188. The summed E-state index contributed by atoms with van der Waals surface area (Å²) in [7, 11) is 0. The van der Waals surface area contributed by atoms with E-state index < -0.39 is 80.4 Å². The summed E-state index contributed by atoms with van der Waals surface area (Å²) in [5.41, 5.74) is 0.468. The maximum atomic E-state index is 11.2. The van der Waals surface area contributed by atoms with E-state index in [9.17, 15) is 35.7 Å². The summed E-state index contributed by atoms with van der Waals surface area (Å²) in [6, 6.07) is 0. The number of aliphatic hydroxyl groups excluding tert-OH is 7. The molecule has 0 aromatic carbocycles. The Kier molecular flexibility index (Phi) is 10.4. The molecule has 22 atom stereocenters. The number of ether oxygens (including phenoxy) is 6. The second-order valence-electron chi connectivity index (χ2n) is 18.7. The highest BCUT2D eigenvalue weighted by atomic mass is 16.7. The minimum atomic E-state index is -1.71. The van der Waals surface area contributed by atoms with Gasteiger partial charge in [0.1, 0.15) is 48.8 Å². The lowest BCUT2D eigenvalue weighted by Crippen LogP contribution is -2.65. The lowest BCUT2D eigenvalue weighted by Gasteiger charge is -2.61. The van der Waals surface area contributed by atoms with Crippen molar-refractivity contribution in [3.05, 3.63) is 0 Å². The Hall–Kier alpha value is -0.520. The Morgan fingerprint density at radius 2 is 1.37 bits per heavy atom. The van der Waals surface area contributed by atoms with Crippen molar-refractivity contribution in [2.24, 2.45) is 52.3 Å². The van der Waals surface area contributed by atoms with Gasteiger partial charge in [-0.05, 0) is 104 Å².